The van der Waals surface area contributed by atoms with Crippen molar-refractivity contribution < 1.29 is 17.1 Å². The Balaban J connectivity index is 0. The molecule has 0 atom stereocenters. The van der Waals surface area contributed by atoms with Crippen LogP contribution in [0.4, 0.5) is 0 Å². The fourth-order valence-corrected chi connectivity index (χ4v) is 0. The fourth-order valence-electron chi connectivity index (χ4n) is 0. The third-order valence-electron chi connectivity index (χ3n) is 0. The van der Waals surface area contributed by atoms with Gasteiger partial charge in [0.15, 0.2) is 0 Å². The zero-order valence-corrected chi connectivity index (χ0v) is 8.81. The molecule has 0 rings (SSSR count). The van der Waals surface area contributed by atoms with Gasteiger partial charge in [-0.05, 0) is 0 Å². The van der Waals surface area contributed by atoms with Crippen LogP contribution in [0.15, 0.2) is 0 Å². The smallest absolute Gasteiger partial charge is 0 e. The first-order chi connectivity index (χ1) is 0. The second-order valence-electron chi connectivity index (χ2n) is 0. The van der Waals surface area contributed by atoms with E-state index in [1.807, 2.05) is 0 Å². The van der Waals surface area contributed by atoms with E-state index in [0.717, 1.165) is 0 Å². The molecule has 0 spiro atoms. The molecule has 0 aliphatic carbocycles. The molecule has 0 heterocycles. The molecule has 0 aliphatic heterocycles. The Labute approximate surface area is 90.9 Å². The molecule has 0 aliphatic rings. The van der Waals surface area contributed by atoms with Crippen LogP contribution in [-0.2, 0) is 17.1 Å². The molecule has 0 aromatic carbocycles. The minimum absolute atomic E-state index is 0. The van der Waals surface area contributed by atoms with Crippen molar-refractivity contribution in [3.05, 3.63) is 0 Å². The SMILES string of the molecule is Cl.Cl.Cl.Cl.Cl.Cl.[Fe]. The van der Waals surface area contributed by atoms with Crippen LogP contribution in [0, 0.1) is 0 Å². The Bertz CT molecular complexity index is 4.14. The van der Waals surface area contributed by atoms with Crippen LogP contribution in [0.25, 0.3) is 0 Å². The molecule has 0 amide bonds. The van der Waals surface area contributed by atoms with Crippen molar-refractivity contribution in [3.63, 3.8) is 0 Å². The minimum Gasteiger partial charge on any atom is -0.147 e. The standard InChI is InChI=1S/6ClH.Fe/h6*1H;. The number of hydrogen-bond donors (Lipinski definition) is 0. The normalized spacial score (nSPS) is 0. The second kappa shape index (κ2) is 85.3. The molecule has 7 heavy (non-hydrogen) atoms. The van der Waals surface area contributed by atoms with E-state index < -0.39 is 0 Å². The van der Waals surface area contributed by atoms with Gasteiger partial charge in [0, 0.05) is 17.1 Å². The van der Waals surface area contributed by atoms with Gasteiger partial charge in [-0.15, -0.1) is 74.4 Å². The minimum atomic E-state index is 0. The van der Waals surface area contributed by atoms with Crippen molar-refractivity contribution in [3.8, 4) is 0 Å². The van der Waals surface area contributed by atoms with Gasteiger partial charge in [0.2, 0.25) is 0 Å². The summed E-state index contributed by atoms with van der Waals surface area (Å²) in [4.78, 5) is 0. The summed E-state index contributed by atoms with van der Waals surface area (Å²) in [5.74, 6) is 0. The molecule has 0 fully saturated rings. The fraction of sp³-hybridized carbons (Fsp3) is 0. The van der Waals surface area contributed by atoms with Gasteiger partial charge in [0.05, 0.1) is 0 Å². The van der Waals surface area contributed by atoms with Crippen molar-refractivity contribution in [2.45, 2.75) is 0 Å². The Hall–Kier alpha value is 2.26. The summed E-state index contributed by atoms with van der Waals surface area (Å²) in [5, 5.41) is 0. The molecular formula is H6Cl6Fe. The molecule has 0 radical (unpaired) electrons. The molecule has 0 unspecified atom stereocenters. The summed E-state index contributed by atoms with van der Waals surface area (Å²) in [5.41, 5.74) is 0. The van der Waals surface area contributed by atoms with E-state index in [9.17, 15) is 0 Å². The predicted octanol–water partition coefficient (Wildman–Crippen LogP) is 2.53. The van der Waals surface area contributed by atoms with Crippen LogP contribution in [0.3, 0.4) is 0 Å². The first-order valence-corrected chi connectivity index (χ1v) is 0. The Morgan fingerprint density at radius 3 is 0.286 bits per heavy atom. The van der Waals surface area contributed by atoms with Crippen molar-refractivity contribution in [2.24, 2.45) is 0 Å². The van der Waals surface area contributed by atoms with Crippen molar-refractivity contribution in [2.75, 3.05) is 0 Å². The predicted molar refractivity (Wildman–Crippen MR) is 43.5 cm³/mol. The van der Waals surface area contributed by atoms with E-state index >= 15 is 0 Å². The van der Waals surface area contributed by atoms with E-state index in [1.165, 1.54) is 0 Å². The van der Waals surface area contributed by atoms with E-state index in [-0.39, 0.29) is 91.5 Å². The van der Waals surface area contributed by atoms with E-state index in [0.29, 0.717) is 0 Å². The van der Waals surface area contributed by atoms with Crippen molar-refractivity contribution in [1.29, 1.82) is 0 Å². The number of halogens is 6. The molecule has 0 aromatic heterocycles. The molecule has 0 nitrogen and oxygen atoms in total. The zero-order valence-electron chi connectivity index (χ0n) is 2.80. The van der Waals surface area contributed by atoms with Crippen LogP contribution in [-0.4, -0.2) is 0 Å². The van der Waals surface area contributed by atoms with Gasteiger partial charge >= 0.3 is 0 Å². The van der Waals surface area contributed by atoms with E-state index in [1.54, 1.807) is 0 Å². The maximum atomic E-state index is 0. The largest absolute Gasteiger partial charge is 0.147 e. The molecule has 7 heteroatoms. The third kappa shape index (κ3) is 63.4. The summed E-state index contributed by atoms with van der Waals surface area (Å²) in [7, 11) is 0. The van der Waals surface area contributed by atoms with Gasteiger partial charge in [-0.3, -0.25) is 0 Å². The van der Waals surface area contributed by atoms with Gasteiger partial charge in [-0.2, -0.15) is 0 Å². The van der Waals surface area contributed by atoms with Crippen LogP contribution in [0.5, 0.6) is 0 Å². The van der Waals surface area contributed by atoms with E-state index in [4.69, 9.17) is 0 Å². The molecular weight excluding hydrogens is 269 g/mol. The average Bonchev–Trinajstić information content (AvgIpc) is 0. The average molecular weight is 275 g/mol. The van der Waals surface area contributed by atoms with Crippen LogP contribution in [0.2, 0.25) is 0 Å². The monoisotopic (exact) mass is 272 g/mol. The summed E-state index contributed by atoms with van der Waals surface area (Å²) < 4.78 is 0. The van der Waals surface area contributed by atoms with Crippen LogP contribution < -0.4 is 0 Å². The van der Waals surface area contributed by atoms with Gasteiger partial charge in [0.25, 0.3) is 0 Å². The van der Waals surface area contributed by atoms with E-state index in [2.05, 4.69) is 0 Å². The maximum absolute atomic E-state index is 0. The quantitative estimate of drug-likeness (QED) is 0.596. The summed E-state index contributed by atoms with van der Waals surface area (Å²) in [6.07, 6.45) is 0. The van der Waals surface area contributed by atoms with Crippen LogP contribution in [0.1, 0.15) is 0 Å². The zero-order chi connectivity index (χ0) is 0. The third-order valence-corrected chi connectivity index (χ3v) is 0. The molecule has 0 saturated carbocycles. The van der Waals surface area contributed by atoms with Gasteiger partial charge in [-0.1, -0.05) is 0 Å². The molecule has 0 N–H and O–H groups in total. The molecule has 0 saturated heterocycles. The second-order valence-corrected chi connectivity index (χ2v) is 0. The van der Waals surface area contributed by atoms with Gasteiger partial charge in [-0.25, -0.2) is 0 Å². The number of hydrogen-bond acceptors (Lipinski definition) is 0. The first kappa shape index (κ1) is 124. The van der Waals surface area contributed by atoms with Crippen molar-refractivity contribution >= 4 is 74.4 Å². The van der Waals surface area contributed by atoms with Gasteiger partial charge in [0.1, 0.15) is 0 Å². The Morgan fingerprint density at radius 2 is 0.286 bits per heavy atom. The first-order valence-electron chi connectivity index (χ1n) is 0. The number of rotatable bonds is 0. The molecule has 56 valence electrons. The molecule has 0 aromatic rings. The Kier molecular flexibility index (Phi) is 1510. The Morgan fingerprint density at radius 1 is 0.286 bits per heavy atom. The maximum Gasteiger partial charge on any atom is 0 e. The van der Waals surface area contributed by atoms with Crippen LogP contribution >= 0.6 is 74.4 Å². The summed E-state index contributed by atoms with van der Waals surface area (Å²) >= 11 is 0. The molecule has 0 bridgehead atoms. The summed E-state index contributed by atoms with van der Waals surface area (Å²) in [6.45, 7) is 0. The topological polar surface area (TPSA) is 0 Å². The van der Waals surface area contributed by atoms with Crippen molar-refractivity contribution in [1.82, 2.24) is 0 Å². The summed E-state index contributed by atoms with van der Waals surface area (Å²) in [6, 6.07) is 0. The van der Waals surface area contributed by atoms with Gasteiger partial charge < -0.3 is 0 Å².